The molecule has 0 radical (unpaired) electrons. The molecular weight excluding hydrogens is 331 g/mol. The van der Waals surface area contributed by atoms with E-state index < -0.39 is 11.1 Å². The Morgan fingerprint density at radius 2 is 1.79 bits per heavy atom. The van der Waals surface area contributed by atoms with Crippen LogP contribution in [-0.4, -0.2) is 21.1 Å². The Hall–Kier alpha value is -3.13. The zero-order valence-electron chi connectivity index (χ0n) is 12.2. The molecule has 8 heteroatoms. The topological polar surface area (TPSA) is 79.2 Å². The first-order valence-corrected chi connectivity index (χ1v) is 7.30. The number of hydrazone groups is 1. The zero-order valence-corrected chi connectivity index (χ0v) is 13.0. The molecule has 0 aliphatic carbocycles. The van der Waals surface area contributed by atoms with Crippen LogP contribution in [0.5, 0.6) is 0 Å². The van der Waals surface area contributed by atoms with E-state index in [0.717, 1.165) is 4.68 Å². The first-order valence-electron chi connectivity index (χ1n) is 6.89. The summed E-state index contributed by atoms with van der Waals surface area (Å²) in [5, 5.41) is 6.74. The number of nitrogens with zero attached hydrogens (tertiary/aromatic N) is 2. The van der Waals surface area contributed by atoms with Crippen molar-refractivity contribution in [1.29, 1.82) is 0 Å². The van der Waals surface area contributed by atoms with Gasteiger partial charge in [0.15, 0.2) is 0 Å². The predicted molar refractivity (Wildman–Crippen MR) is 94.0 cm³/mol. The molecule has 0 saturated heterocycles. The van der Waals surface area contributed by atoms with Gasteiger partial charge in [0, 0.05) is 0 Å². The maximum absolute atomic E-state index is 12.8. The van der Waals surface area contributed by atoms with Crippen LogP contribution in [0, 0.1) is 5.82 Å². The molecule has 0 fully saturated rings. The van der Waals surface area contributed by atoms with Crippen LogP contribution in [0.3, 0.4) is 0 Å². The molecule has 0 aliphatic rings. The minimum Gasteiger partial charge on any atom is -0.267 e. The maximum Gasteiger partial charge on any atom is 0.279 e. The van der Waals surface area contributed by atoms with Crippen LogP contribution in [0.4, 0.5) is 4.39 Å². The fraction of sp³-hybridized carbons (Fsp3) is 0. The van der Waals surface area contributed by atoms with Gasteiger partial charge in [0.05, 0.1) is 17.0 Å². The molecule has 1 heterocycles. The van der Waals surface area contributed by atoms with E-state index >= 15 is 0 Å². The van der Waals surface area contributed by atoms with Gasteiger partial charge in [-0.2, -0.15) is 9.78 Å². The van der Waals surface area contributed by atoms with Crippen molar-refractivity contribution in [3.8, 4) is 0 Å². The molecule has 0 atom stereocenters. The van der Waals surface area contributed by atoms with E-state index in [0.29, 0.717) is 5.56 Å². The van der Waals surface area contributed by atoms with Crippen molar-refractivity contribution < 1.29 is 4.39 Å². The Balaban J connectivity index is 1.86. The number of H-pyrrole nitrogens is 1. The average molecular weight is 342 g/mol. The molecule has 120 valence electrons. The standard InChI is InChI=1S/C16H11FN4O2S/c17-11-7-5-10(6-8-11)9-18-19-16(24)21-15(23)13-4-2-1-3-12(13)14(22)20-21/h1-9H,(H,19,24)(H,20,22)/b18-9+. The van der Waals surface area contributed by atoms with Gasteiger partial charge in [0.25, 0.3) is 11.1 Å². The van der Waals surface area contributed by atoms with Gasteiger partial charge in [0.1, 0.15) is 5.82 Å². The summed E-state index contributed by atoms with van der Waals surface area (Å²) < 4.78 is 13.7. The molecule has 2 N–H and O–H groups in total. The Kier molecular flexibility index (Phi) is 4.30. The number of nitrogens with one attached hydrogen (secondary N) is 2. The highest BCUT2D eigenvalue weighted by molar-refractivity contribution is 7.80. The van der Waals surface area contributed by atoms with Gasteiger partial charge >= 0.3 is 0 Å². The molecule has 1 aromatic heterocycles. The molecule has 0 amide bonds. The number of benzene rings is 2. The van der Waals surface area contributed by atoms with Gasteiger partial charge in [-0.25, -0.2) is 4.39 Å². The first kappa shape index (κ1) is 15.8. The Morgan fingerprint density at radius 3 is 2.50 bits per heavy atom. The number of halogens is 1. The fourth-order valence-corrected chi connectivity index (χ4v) is 2.29. The van der Waals surface area contributed by atoms with Gasteiger partial charge in [-0.15, -0.1) is 0 Å². The zero-order chi connectivity index (χ0) is 17.1. The minimum absolute atomic E-state index is 0.0822. The highest BCUT2D eigenvalue weighted by Gasteiger charge is 2.09. The quantitative estimate of drug-likeness (QED) is 0.421. The molecule has 2 aromatic carbocycles. The summed E-state index contributed by atoms with van der Waals surface area (Å²) in [6.45, 7) is 0. The lowest BCUT2D eigenvalue weighted by Crippen LogP contribution is -2.39. The number of aromatic nitrogens is 2. The third kappa shape index (κ3) is 3.13. The van der Waals surface area contributed by atoms with E-state index in [2.05, 4.69) is 15.6 Å². The average Bonchev–Trinajstić information content (AvgIpc) is 2.60. The SMILES string of the molecule is O=c1[nH]n(C(=S)N/N=C/c2ccc(F)cc2)c(=O)c2ccccc12. The normalized spacial score (nSPS) is 11.0. The Labute approximate surface area is 140 Å². The number of fused-ring (bicyclic) bond motifs is 1. The van der Waals surface area contributed by atoms with Crippen molar-refractivity contribution in [2.24, 2.45) is 5.10 Å². The van der Waals surface area contributed by atoms with Crippen molar-refractivity contribution in [2.45, 2.75) is 0 Å². The van der Waals surface area contributed by atoms with Crippen LogP contribution in [0.1, 0.15) is 5.56 Å². The molecule has 24 heavy (non-hydrogen) atoms. The summed E-state index contributed by atoms with van der Waals surface area (Å²) in [6.07, 6.45) is 1.41. The number of hydrogen-bond acceptors (Lipinski definition) is 4. The van der Waals surface area contributed by atoms with Crippen LogP contribution in [-0.2, 0) is 0 Å². The lowest BCUT2D eigenvalue weighted by molar-refractivity contribution is 0.628. The van der Waals surface area contributed by atoms with E-state index in [4.69, 9.17) is 12.2 Å². The van der Waals surface area contributed by atoms with E-state index in [1.807, 2.05) is 0 Å². The molecule has 3 aromatic rings. The lowest BCUT2D eigenvalue weighted by Gasteiger charge is -2.07. The highest BCUT2D eigenvalue weighted by Crippen LogP contribution is 2.02. The molecule has 6 nitrogen and oxygen atoms in total. The van der Waals surface area contributed by atoms with Gasteiger partial charge in [-0.3, -0.25) is 20.1 Å². The molecule has 0 spiro atoms. The Bertz CT molecular complexity index is 1050. The monoisotopic (exact) mass is 342 g/mol. The van der Waals surface area contributed by atoms with Crippen LogP contribution in [0.25, 0.3) is 10.8 Å². The van der Waals surface area contributed by atoms with Crippen molar-refractivity contribution >= 4 is 34.3 Å². The first-order chi connectivity index (χ1) is 11.6. The van der Waals surface area contributed by atoms with Crippen LogP contribution in [0.15, 0.2) is 63.2 Å². The van der Waals surface area contributed by atoms with E-state index in [-0.39, 0.29) is 21.7 Å². The molecule has 0 unspecified atom stereocenters. The summed E-state index contributed by atoms with van der Waals surface area (Å²) in [6, 6.07) is 12.1. The predicted octanol–water partition coefficient (Wildman–Crippen LogP) is 1.59. The third-order valence-electron chi connectivity index (χ3n) is 3.27. The summed E-state index contributed by atoms with van der Waals surface area (Å²) in [7, 11) is 0. The van der Waals surface area contributed by atoms with Crippen LogP contribution in [0.2, 0.25) is 0 Å². The molecular formula is C16H11FN4O2S. The van der Waals surface area contributed by atoms with Crippen LogP contribution >= 0.6 is 12.2 Å². The van der Waals surface area contributed by atoms with Crippen molar-refractivity contribution in [3.05, 3.63) is 80.6 Å². The van der Waals surface area contributed by atoms with Crippen molar-refractivity contribution in [1.82, 2.24) is 15.2 Å². The van der Waals surface area contributed by atoms with Gasteiger partial charge in [0.2, 0.25) is 5.11 Å². The second kappa shape index (κ2) is 6.55. The minimum atomic E-state index is -0.459. The van der Waals surface area contributed by atoms with E-state index in [1.165, 1.54) is 30.5 Å². The molecule has 0 saturated carbocycles. The smallest absolute Gasteiger partial charge is 0.267 e. The largest absolute Gasteiger partial charge is 0.279 e. The van der Waals surface area contributed by atoms with Crippen molar-refractivity contribution in [3.63, 3.8) is 0 Å². The second-order valence-corrected chi connectivity index (χ2v) is 5.24. The highest BCUT2D eigenvalue weighted by atomic mass is 32.1. The van der Waals surface area contributed by atoms with E-state index in [1.54, 1.807) is 24.3 Å². The third-order valence-corrected chi connectivity index (χ3v) is 3.54. The van der Waals surface area contributed by atoms with Gasteiger partial charge < -0.3 is 0 Å². The van der Waals surface area contributed by atoms with Gasteiger partial charge in [-0.05, 0) is 42.0 Å². The maximum atomic E-state index is 12.8. The molecule has 0 aliphatic heterocycles. The number of thiocarbonyl (C=S) groups is 1. The number of rotatable bonds is 2. The van der Waals surface area contributed by atoms with E-state index in [9.17, 15) is 14.0 Å². The Morgan fingerprint density at radius 1 is 1.12 bits per heavy atom. The summed E-state index contributed by atoms with van der Waals surface area (Å²) >= 11 is 5.07. The fourth-order valence-electron chi connectivity index (χ4n) is 2.10. The van der Waals surface area contributed by atoms with Crippen molar-refractivity contribution in [2.75, 3.05) is 0 Å². The summed E-state index contributed by atoms with van der Waals surface area (Å²) in [4.78, 5) is 24.4. The lowest BCUT2D eigenvalue weighted by atomic mass is 10.2. The molecule has 0 bridgehead atoms. The number of aromatic amines is 1. The second-order valence-electron chi connectivity index (χ2n) is 4.85. The van der Waals surface area contributed by atoms with Crippen LogP contribution < -0.4 is 16.5 Å². The summed E-state index contributed by atoms with van der Waals surface area (Å²) in [5.41, 5.74) is 2.25. The van der Waals surface area contributed by atoms with Gasteiger partial charge in [-0.1, -0.05) is 24.3 Å². The molecule has 3 rings (SSSR count). The number of hydrogen-bond donors (Lipinski definition) is 2. The summed E-state index contributed by atoms with van der Waals surface area (Å²) in [5.74, 6) is -0.351.